The van der Waals surface area contributed by atoms with Gasteiger partial charge in [-0.25, -0.2) is 0 Å². The van der Waals surface area contributed by atoms with E-state index < -0.39 is 0 Å². The molecule has 2 N–H and O–H groups in total. The van der Waals surface area contributed by atoms with Crippen LogP contribution in [0.5, 0.6) is 0 Å². The zero-order valence-corrected chi connectivity index (χ0v) is 12.2. The van der Waals surface area contributed by atoms with Gasteiger partial charge in [-0.15, -0.1) is 0 Å². The summed E-state index contributed by atoms with van der Waals surface area (Å²) in [7, 11) is 0. The van der Waals surface area contributed by atoms with Gasteiger partial charge in [-0.1, -0.05) is 17.7 Å². The van der Waals surface area contributed by atoms with Crippen molar-refractivity contribution in [3.8, 4) is 0 Å². The minimum absolute atomic E-state index is 0.243. The summed E-state index contributed by atoms with van der Waals surface area (Å²) in [6.07, 6.45) is 1.12. The SMILES string of the molecule is Cc1cc(C)c(C(=O)CN2CCC(CN)C2)c(C)c1. The molecule has 0 saturated carbocycles. The van der Waals surface area contributed by atoms with Crippen molar-refractivity contribution in [3.05, 3.63) is 34.4 Å². The highest BCUT2D eigenvalue weighted by Crippen LogP contribution is 2.20. The maximum absolute atomic E-state index is 12.5. The summed E-state index contributed by atoms with van der Waals surface area (Å²) in [5.74, 6) is 0.806. The van der Waals surface area contributed by atoms with Crippen molar-refractivity contribution in [2.24, 2.45) is 11.7 Å². The third-order valence-electron chi connectivity index (χ3n) is 4.03. The number of hydrogen-bond acceptors (Lipinski definition) is 3. The molecular formula is C16H24N2O. The van der Waals surface area contributed by atoms with Crippen LogP contribution in [0.2, 0.25) is 0 Å². The van der Waals surface area contributed by atoms with Crippen LogP contribution in [-0.2, 0) is 0 Å². The third kappa shape index (κ3) is 3.23. The van der Waals surface area contributed by atoms with Crippen LogP contribution in [0.25, 0.3) is 0 Å². The maximum Gasteiger partial charge on any atom is 0.177 e. The molecule has 0 spiro atoms. The van der Waals surface area contributed by atoms with Crippen LogP contribution in [0.3, 0.4) is 0 Å². The maximum atomic E-state index is 12.5. The lowest BCUT2D eigenvalue weighted by molar-refractivity contribution is 0.0942. The number of benzene rings is 1. The summed E-state index contributed by atoms with van der Waals surface area (Å²) in [5, 5.41) is 0. The Hall–Kier alpha value is -1.19. The minimum Gasteiger partial charge on any atom is -0.330 e. The van der Waals surface area contributed by atoms with Gasteiger partial charge in [0.25, 0.3) is 0 Å². The minimum atomic E-state index is 0.243. The van der Waals surface area contributed by atoms with Crippen molar-refractivity contribution in [1.29, 1.82) is 0 Å². The van der Waals surface area contributed by atoms with Gasteiger partial charge in [0.1, 0.15) is 0 Å². The molecule has 0 aromatic heterocycles. The predicted octanol–water partition coefficient (Wildman–Crippen LogP) is 2.08. The molecule has 104 valence electrons. The Kier molecular flexibility index (Phi) is 4.38. The van der Waals surface area contributed by atoms with Gasteiger partial charge in [0.15, 0.2) is 5.78 Å². The Morgan fingerprint density at radius 2 is 1.95 bits per heavy atom. The molecule has 0 amide bonds. The standard InChI is InChI=1S/C16H24N2O/c1-11-6-12(2)16(13(3)7-11)15(19)10-18-5-4-14(8-17)9-18/h6-7,14H,4-5,8-10,17H2,1-3H3. The van der Waals surface area contributed by atoms with Crippen molar-refractivity contribution < 1.29 is 4.79 Å². The number of likely N-dealkylation sites (tertiary alicyclic amines) is 1. The molecule has 1 aliphatic heterocycles. The first-order chi connectivity index (χ1) is 9.01. The zero-order valence-electron chi connectivity index (χ0n) is 12.2. The van der Waals surface area contributed by atoms with Gasteiger partial charge >= 0.3 is 0 Å². The molecule has 3 nitrogen and oxygen atoms in total. The van der Waals surface area contributed by atoms with E-state index in [1.54, 1.807) is 0 Å². The molecule has 1 aliphatic rings. The van der Waals surface area contributed by atoms with Crippen LogP contribution in [0, 0.1) is 26.7 Å². The van der Waals surface area contributed by atoms with Gasteiger partial charge in [0.2, 0.25) is 0 Å². The quantitative estimate of drug-likeness (QED) is 0.843. The van der Waals surface area contributed by atoms with Crippen molar-refractivity contribution in [3.63, 3.8) is 0 Å². The Balaban J connectivity index is 2.09. The van der Waals surface area contributed by atoms with Gasteiger partial charge in [-0.2, -0.15) is 0 Å². The number of nitrogens with two attached hydrogens (primary N) is 1. The molecule has 1 aromatic rings. The fourth-order valence-corrected chi connectivity index (χ4v) is 3.15. The van der Waals surface area contributed by atoms with E-state index in [0.717, 1.165) is 42.7 Å². The molecule has 0 radical (unpaired) electrons. The summed E-state index contributed by atoms with van der Waals surface area (Å²) in [5.41, 5.74) is 10.0. The molecular weight excluding hydrogens is 236 g/mol. The average molecular weight is 260 g/mol. The number of hydrogen-bond donors (Lipinski definition) is 1. The highest BCUT2D eigenvalue weighted by molar-refractivity contribution is 6.00. The fraction of sp³-hybridized carbons (Fsp3) is 0.562. The molecule has 1 atom stereocenters. The van der Waals surface area contributed by atoms with Gasteiger partial charge in [0, 0.05) is 12.1 Å². The molecule has 19 heavy (non-hydrogen) atoms. The molecule has 0 aliphatic carbocycles. The Labute approximate surface area is 115 Å². The van der Waals surface area contributed by atoms with E-state index in [1.807, 2.05) is 13.8 Å². The predicted molar refractivity (Wildman–Crippen MR) is 78.6 cm³/mol. The second-order valence-electron chi connectivity index (χ2n) is 5.82. The van der Waals surface area contributed by atoms with E-state index in [2.05, 4.69) is 24.0 Å². The number of carbonyl (C=O) groups excluding carboxylic acids is 1. The van der Waals surface area contributed by atoms with Gasteiger partial charge in [-0.05, 0) is 57.3 Å². The summed E-state index contributed by atoms with van der Waals surface area (Å²) in [6.45, 7) is 9.35. The second-order valence-corrected chi connectivity index (χ2v) is 5.82. The van der Waals surface area contributed by atoms with Crippen LogP contribution in [0.15, 0.2) is 12.1 Å². The Bertz CT molecular complexity index is 459. The first-order valence-electron chi connectivity index (χ1n) is 7.04. The molecule has 2 rings (SSSR count). The molecule has 1 heterocycles. The van der Waals surface area contributed by atoms with Crippen molar-refractivity contribution in [1.82, 2.24) is 4.90 Å². The molecule has 1 fully saturated rings. The fourth-order valence-electron chi connectivity index (χ4n) is 3.15. The highest BCUT2D eigenvalue weighted by atomic mass is 16.1. The van der Waals surface area contributed by atoms with E-state index in [-0.39, 0.29) is 5.78 Å². The molecule has 1 saturated heterocycles. The van der Waals surface area contributed by atoms with Crippen LogP contribution >= 0.6 is 0 Å². The molecule has 1 unspecified atom stereocenters. The first kappa shape index (κ1) is 14.2. The van der Waals surface area contributed by atoms with Gasteiger partial charge in [-0.3, -0.25) is 9.69 Å². The van der Waals surface area contributed by atoms with Crippen molar-refractivity contribution >= 4 is 5.78 Å². The van der Waals surface area contributed by atoms with Crippen LogP contribution in [0.4, 0.5) is 0 Å². The van der Waals surface area contributed by atoms with Crippen LogP contribution in [0.1, 0.15) is 33.5 Å². The zero-order chi connectivity index (χ0) is 14.0. The van der Waals surface area contributed by atoms with Crippen LogP contribution < -0.4 is 5.73 Å². The smallest absolute Gasteiger partial charge is 0.177 e. The number of rotatable bonds is 4. The second kappa shape index (κ2) is 5.85. The molecule has 3 heteroatoms. The highest BCUT2D eigenvalue weighted by Gasteiger charge is 2.24. The lowest BCUT2D eigenvalue weighted by Gasteiger charge is -2.17. The number of ketones is 1. The number of aryl methyl sites for hydroxylation is 3. The van der Waals surface area contributed by atoms with Crippen molar-refractivity contribution in [2.75, 3.05) is 26.2 Å². The number of nitrogens with zero attached hydrogens (tertiary/aromatic N) is 1. The summed E-state index contributed by atoms with van der Waals surface area (Å²) >= 11 is 0. The molecule has 0 bridgehead atoms. The lowest BCUT2D eigenvalue weighted by atomic mass is 9.96. The lowest BCUT2D eigenvalue weighted by Crippen LogP contribution is -2.29. The normalized spacial score (nSPS) is 19.9. The van der Waals surface area contributed by atoms with E-state index in [9.17, 15) is 4.79 Å². The van der Waals surface area contributed by atoms with Gasteiger partial charge < -0.3 is 5.73 Å². The summed E-state index contributed by atoms with van der Waals surface area (Å²) in [6, 6.07) is 4.18. The monoisotopic (exact) mass is 260 g/mol. The third-order valence-corrected chi connectivity index (χ3v) is 4.03. The first-order valence-corrected chi connectivity index (χ1v) is 7.04. The number of Topliss-reactive ketones (excluding diaryl/α,β-unsaturated/α-hetero) is 1. The van der Waals surface area contributed by atoms with Crippen LogP contribution in [-0.4, -0.2) is 36.9 Å². The summed E-state index contributed by atoms with van der Waals surface area (Å²) < 4.78 is 0. The van der Waals surface area contributed by atoms with E-state index in [1.165, 1.54) is 5.56 Å². The van der Waals surface area contributed by atoms with E-state index in [0.29, 0.717) is 12.5 Å². The number of carbonyl (C=O) groups is 1. The molecule has 1 aromatic carbocycles. The van der Waals surface area contributed by atoms with E-state index >= 15 is 0 Å². The topological polar surface area (TPSA) is 46.3 Å². The average Bonchev–Trinajstić information content (AvgIpc) is 2.75. The summed E-state index contributed by atoms with van der Waals surface area (Å²) in [4.78, 5) is 14.7. The van der Waals surface area contributed by atoms with Crippen molar-refractivity contribution in [2.45, 2.75) is 27.2 Å². The Morgan fingerprint density at radius 3 is 2.47 bits per heavy atom. The Morgan fingerprint density at radius 1 is 1.32 bits per heavy atom. The van der Waals surface area contributed by atoms with E-state index in [4.69, 9.17) is 5.73 Å². The largest absolute Gasteiger partial charge is 0.330 e. The van der Waals surface area contributed by atoms with Gasteiger partial charge in [0.05, 0.1) is 6.54 Å².